The normalized spacial score (nSPS) is 21.1. The molecule has 1 heterocycles. The average Bonchev–Trinajstić information content (AvgIpc) is 2.49. The van der Waals surface area contributed by atoms with E-state index in [0.717, 1.165) is 18.7 Å². The van der Waals surface area contributed by atoms with E-state index >= 15 is 0 Å². The number of methoxy groups -OCH3 is 1. The molecule has 1 aliphatic rings. The summed E-state index contributed by atoms with van der Waals surface area (Å²) in [6.45, 7) is 3.28. The summed E-state index contributed by atoms with van der Waals surface area (Å²) in [7, 11) is 1.76. The third-order valence-electron chi connectivity index (χ3n) is 3.30. The fourth-order valence-corrected chi connectivity index (χ4v) is 5.22. The van der Waals surface area contributed by atoms with Crippen LogP contribution in [-0.2, 0) is 0 Å². The smallest absolute Gasteiger partial charge is 0.123 e. The molecule has 0 aromatic heterocycles. The quantitative estimate of drug-likeness (QED) is 0.866. The van der Waals surface area contributed by atoms with E-state index in [4.69, 9.17) is 4.74 Å². The molecule has 106 valence electrons. The highest BCUT2D eigenvalue weighted by Gasteiger charge is 2.27. The first-order valence-corrected chi connectivity index (χ1v) is 9.12. The summed E-state index contributed by atoms with van der Waals surface area (Å²) in [5.74, 6) is 4.78. The van der Waals surface area contributed by atoms with E-state index in [0.29, 0.717) is 11.3 Å². The monoisotopic (exact) mass is 297 g/mol. The van der Waals surface area contributed by atoms with Crippen molar-refractivity contribution >= 4 is 23.5 Å². The Kier molecular flexibility index (Phi) is 6.41. The second-order valence-electron chi connectivity index (χ2n) is 4.66. The zero-order chi connectivity index (χ0) is 13.5. The second-order valence-corrected chi connectivity index (χ2v) is 7.15. The van der Waals surface area contributed by atoms with E-state index in [-0.39, 0.29) is 0 Å². The number of nitrogens with one attached hydrogen (secondary N) is 1. The molecule has 0 amide bonds. The van der Waals surface area contributed by atoms with Gasteiger partial charge in [0.25, 0.3) is 0 Å². The van der Waals surface area contributed by atoms with Crippen molar-refractivity contribution in [2.24, 2.45) is 0 Å². The summed E-state index contributed by atoms with van der Waals surface area (Å²) >= 11 is 4.17. The third-order valence-corrected chi connectivity index (χ3v) is 6.17. The predicted molar refractivity (Wildman–Crippen MR) is 87.6 cm³/mol. The Morgan fingerprint density at radius 3 is 2.89 bits per heavy atom. The molecule has 1 N–H and O–H groups in total. The van der Waals surface area contributed by atoms with Crippen molar-refractivity contribution < 1.29 is 4.74 Å². The molecule has 1 saturated heterocycles. The lowest BCUT2D eigenvalue weighted by Gasteiger charge is -2.31. The molecule has 1 aromatic carbocycles. The van der Waals surface area contributed by atoms with E-state index in [1.54, 1.807) is 7.11 Å². The number of benzene rings is 1. The standard InChI is InChI=1S/C15H23NOS2/c1-3-8-16-15(14-11-18-9-10-19-14)12-6-4-5-7-13(12)17-2/h4-7,14-16H,3,8-11H2,1-2H3. The fourth-order valence-electron chi connectivity index (χ4n) is 2.36. The third kappa shape index (κ3) is 4.07. The topological polar surface area (TPSA) is 21.3 Å². The molecule has 0 spiro atoms. The number of thioether (sulfide) groups is 2. The molecule has 1 fully saturated rings. The van der Waals surface area contributed by atoms with Crippen LogP contribution >= 0.6 is 23.5 Å². The molecule has 1 aromatic rings. The molecular formula is C15H23NOS2. The van der Waals surface area contributed by atoms with Crippen LogP contribution in [-0.4, -0.2) is 36.2 Å². The van der Waals surface area contributed by atoms with Crippen LogP contribution < -0.4 is 10.1 Å². The minimum absolute atomic E-state index is 0.397. The first-order chi connectivity index (χ1) is 9.36. The maximum atomic E-state index is 5.54. The molecule has 2 rings (SSSR count). The predicted octanol–water partition coefficient (Wildman–Crippen LogP) is 3.58. The summed E-state index contributed by atoms with van der Waals surface area (Å²) in [5.41, 5.74) is 1.30. The van der Waals surface area contributed by atoms with Gasteiger partial charge in [-0.25, -0.2) is 0 Å². The maximum Gasteiger partial charge on any atom is 0.123 e. The molecule has 19 heavy (non-hydrogen) atoms. The van der Waals surface area contributed by atoms with Crippen molar-refractivity contribution in [1.82, 2.24) is 5.32 Å². The number of ether oxygens (including phenoxy) is 1. The molecule has 2 nitrogen and oxygen atoms in total. The van der Waals surface area contributed by atoms with Crippen molar-refractivity contribution in [3.63, 3.8) is 0 Å². The summed E-state index contributed by atoms with van der Waals surface area (Å²) in [5, 5.41) is 4.36. The lowest BCUT2D eigenvalue weighted by molar-refractivity contribution is 0.398. The van der Waals surface area contributed by atoms with E-state index in [2.05, 4.69) is 54.0 Å². The Hall–Kier alpha value is -0.320. The van der Waals surface area contributed by atoms with E-state index in [1.165, 1.54) is 22.8 Å². The largest absolute Gasteiger partial charge is 0.496 e. The van der Waals surface area contributed by atoms with Crippen LogP contribution in [0.2, 0.25) is 0 Å². The SMILES string of the molecule is CCCNC(c1ccccc1OC)C1CSCCS1. The van der Waals surface area contributed by atoms with Crippen LogP contribution in [0.5, 0.6) is 5.75 Å². The molecule has 0 radical (unpaired) electrons. The van der Waals surface area contributed by atoms with Crippen molar-refractivity contribution in [2.45, 2.75) is 24.6 Å². The number of rotatable bonds is 6. The van der Waals surface area contributed by atoms with Gasteiger partial charge in [-0.15, -0.1) is 0 Å². The van der Waals surface area contributed by atoms with Crippen molar-refractivity contribution in [3.05, 3.63) is 29.8 Å². The van der Waals surface area contributed by atoms with Crippen LogP contribution in [0.4, 0.5) is 0 Å². The Labute approximate surface area is 125 Å². The van der Waals surface area contributed by atoms with Crippen molar-refractivity contribution in [2.75, 3.05) is 30.9 Å². The molecule has 0 aliphatic carbocycles. The zero-order valence-corrected chi connectivity index (χ0v) is 13.4. The highest BCUT2D eigenvalue weighted by atomic mass is 32.2. The van der Waals surface area contributed by atoms with Gasteiger partial charge in [0.1, 0.15) is 5.75 Å². The molecule has 2 unspecified atom stereocenters. The van der Waals surface area contributed by atoms with Crippen molar-refractivity contribution in [3.8, 4) is 5.75 Å². The number of hydrogen-bond donors (Lipinski definition) is 1. The molecule has 0 bridgehead atoms. The lowest BCUT2D eigenvalue weighted by atomic mass is 10.0. The van der Waals surface area contributed by atoms with Crippen LogP contribution in [0.25, 0.3) is 0 Å². The van der Waals surface area contributed by atoms with Gasteiger partial charge < -0.3 is 10.1 Å². The fraction of sp³-hybridized carbons (Fsp3) is 0.600. The van der Waals surface area contributed by atoms with E-state index < -0.39 is 0 Å². The summed E-state index contributed by atoms with van der Waals surface area (Å²) in [4.78, 5) is 0. The minimum Gasteiger partial charge on any atom is -0.496 e. The second kappa shape index (κ2) is 8.08. The Morgan fingerprint density at radius 1 is 1.37 bits per heavy atom. The van der Waals surface area contributed by atoms with Gasteiger partial charge >= 0.3 is 0 Å². The van der Waals surface area contributed by atoms with Gasteiger partial charge in [-0.3, -0.25) is 0 Å². The van der Waals surface area contributed by atoms with Gasteiger partial charge in [-0.2, -0.15) is 23.5 Å². The Bertz CT molecular complexity index is 380. The van der Waals surface area contributed by atoms with Gasteiger partial charge in [0.05, 0.1) is 7.11 Å². The van der Waals surface area contributed by atoms with Gasteiger partial charge in [0.15, 0.2) is 0 Å². The average molecular weight is 297 g/mol. The first kappa shape index (κ1) is 15.1. The van der Waals surface area contributed by atoms with Crippen LogP contribution in [0.15, 0.2) is 24.3 Å². The Morgan fingerprint density at radius 2 is 2.21 bits per heavy atom. The Balaban J connectivity index is 2.19. The van der Waals surface area contributed by atoms with E-state index in [1.807, 2.05) is 6.07 Å². The van der Waals surface area contributed by atoms with Gasteiger partial charge in [-0.05, 0) is 19.0 Å². The highest BCUT2D eigenvalue weighted by molar-refractivity contribution is 8.06. The molecule has 0 saturated carbocycles. The van der Waals surface area contributed by atoms with Crippen LogP contribution in [0.3, 0.4) is 0 Å². The zero-order valence-electron chi connectivity index (χ0n) is 11.7. The molecule has 1 aliphatic heterocycles. The van der Waals surface area contributed by atoms with E-state index in [9.17, 15) is 0 Å². The van der Waals surface area contributed by atoms with Gasteiger partial charge in [-0.1, -0.05) is 25.1 Å². The van der Waals surface area contributed by atoms with Crippen LogP contribution in [0, 0.1) is 0 Å². The number of para-hydroxylation sites is 1. The summed E-state index contributed by atoms with van der Waals surface area (Å²) < 4.78 is 5.54. The molecule has 4 heteroatoms. The maximum absolute atomic E-state index is 5.54. The van der Waals surface area contributed by atoms with Crippen molar-refractivity contribution in [1.29, 1.82) is 0 Å². The summed E-state index contributed by atoms with van der Waals surface area (Å²) in [6, 6.07) is 8.82. The summed E-state index contributed by atoms with van der Waals surface area (Å²) in [6.07, 6.45) is 1.16. The molecular weight excluding hydrogens is 274 g/mol. The van der Waals surface area contributed by atoms with Crippen LogP contribution in [0.1, 0.15) is 24.9 Å². The van der Waals surface area contributed by atoms with Gasteiger partial charge in [0, 0.05) is 34.1 Å². The first-order valence-electron chi connectivity index (χ1n) is 6.92. The number of hydrogen-bond acceptors (Lipinski definition) is 4. The minimum atomic E-state index is 0.397. The van der Waals surface area contributed by atoms with Gasteiger partial charge in [0.2, 0.25) is 0 Å². The lowest BCUT2D eigenvalue weighted by Crippen LogP contribution is -2.34. The highest BCUT2D eigenvalue weighted by Crippen LogP contribution is 2.36. The molecule has 2 atom stereocenters.